The maximum atomic E-state index is 13.8. The summed E-state index contributed by atoms with van der Waals surface area (Å²) in [7, 11) is 0. The van der Waals surface area contributed by atoms with E-state index in [-0.39, 0.29) is 12.2 Å². The van der Waals surface area contributed by atoms with Crippen molar-refractivity contribution in [2.24, 2.45) is 0 Å². The maximum absolute atomic E-state index is 13.8. The molecule has 0 radical (unpaired) electrons. The predicted octanol–water partition coefficient (Wildman–Crippen LogP) is 2.99. The Morgan fingerprint density at radius 1 is 1.16 bits per heavy atom. The highest BCUT2D eigenvalue weighted by Crippen LogP contribution is 2.30. The lowest BCUT2D eigenvalue weighted by atomic mass is 10.1. The van der Waals surface area contributed by atoms with E-state index in [1.54, 1.807) is 18.2 Å². The molecule has 0 saturated carbocycles. The Morgan fingerprint density at radius 2 is 1.92 bits per heavy atom. The maximum Gasteiger partial charge on any atom is 0.296 e. The van der Waals surface area contributed by atoms with E-state index in [1.165, 1.54) is 16.8 Å². The van der Waals surface area contributed by atoms with Gasteiger partial charge in [-0.3, -0.25) is 4.79 Å². The smallest absolute Gasteiger partial charge is 0.296 e. The standard InChI is InChI=1S/C19H16FN3O2/c1-2-22-16-9-8-12(20)10-14(16)17-15(11-24)21-23(19(25)18(17)22)13-6-4-3-5-7-13/h3-10,24H,2,11H2,1H3. The van der Waals surface area contributed by atoms with Gasteiger partial charge in [0.05, 0.1) is 18.0 Å². The van der Waals surface area contributed by atoms with Crippen molar-refractivity contribution in [3.8, 4) is 5.69 Å². The third-order valence-electron chi connectivity index (χ3n) is 4.40. The minimum absolute atomic E-state index is 0.295. The average Bonchev–Trinajstić information content (AvgIpc) is 2.97. The zero-order valence-electron chi connectivity index (χ0n) is 13.6. The van der Waals surface area contributed by atoms with Crippen LogP contribution in [-0.4, -0.2) is 19.5 Å². The average molecular weight is 337 g/mol. The molecule has 0 aliphatic rings. The van der Waals surface area contributed by atoms with Gasteiger partial charge in [-0.1, -0.05) is 18.2 Å². The second-order valence-electron chi connectivity index (χ2n) is 5.79. The summed E-state index contributed by atoms with van der Waals surface area (Å²) in [6.07, 6.45) is 0. The molecule has 0 spiro atoms. The highest BCUT2D eigenvalue weighted by Gasteiger charge is 2.20. The fourth-order valence-electron chi connectivity index (χ4n) is 3.34. The third kappa shape index (κ3) is 2.26. The van der Waals surface area contributed by atoms with E-state index in [0.717, 1.165) is 5.52 Å². The van der Waals surface area contributed by atoms with Gasteiger partial charge in [-0.15, -0.1) is 0 Å². The van der Waals surface area contributed by atoms with E-state index in [1.807, 2.05) is 29.7 Å². The Balaban J connectivity index is 2.23. The number of rotatable bonds is 3. The Labute approximate surface area is 142 Å². The van der Waals surface area contributed by atoms with Crippen molar-refractivity contribution in [3.63, 3.8) is 0 Å². The van der Waals surface area contributed by atoms with E-state index < -0.39 is 5.82 Å². The summed E-state index contributed by atoms with van der Waals surface area (Å²) in [4.78, 5) is 13.1. The molecule has 0 saturated heterocycles. The lowest BCUT2D eigenvalue weighted by molar-refractivity contribution is 0.276. The van der Waals surface area contributed by atoms with Gasteiger partial charge >= 0.3 is 0 Å². The summed E-state index contributed by atoms with van der Waals surface area (Å²) in [6.45, 7) is 2.13. The van der Waals surface area contributed by atoms with Crippen LogP contribution in [0.1, 0.15) is 12.6 Å². The lowest BCUT2D eigenvalue weighted by Gasteiger charge is -2.09. The van der Waals surface area contributed by atoms with Crippen LogP contribution in [-0.2, 0) is 13.2 Å². The number of para-hydroxylation sites is 1. The summed E-state index contributed by atoms with van der Waals surface area (Å²) < 4.78 is 16.9. The summed E-state index contributed by atoms with van der Waals surface area (Å²) in [6, 6.07) is 13.5. The van der Waals surface area contributed by atoms with E-state index in [9.17, 15) is 14.3 Å². The molecule has 0 fully saturated rings. The van der Waals surface area contributed by atoms with Crippen LogP contribution in [0.25, 0.3) is 27.5 Å². The molecule has 0 aliphatic carbocycles. The van der Waals surface area contributed by atoms with E-state index in [2.05, 4.69) is 5.10 Å². The van der Waals surface area contributed by atoms with Crippen molar-refractivity contribution < 1.29 is 9.50 Å². The molecule has 2 aromatic heterocycles. The SMILES string of the molecule is CCn1c2ccc(F)cc2c2c(CO)nn(-c3ccccc3)c(=O)c21. The zero-order chi connectivity index (χ0) is 17.6. The van der Waals surface area contributed by atoms with Crippen LogP contribution in [0.2, 0.25) is 0 Å². The van der Waals surface area contributed by atoms with Crippen molar-refractivity contribution in [1.82, 2.24) is 14.3 Å². The van der Waals surface area contributed by atoms with Crippen molar-refractivity contribution in [2.75, 3.05) is 0 Å². The molecule has 126 valence electrons. The van der Waals surface area contributed by atoms with Gasteiger partial charge in [-0.2, -0.15) is 9.78 Å². The molecule has 25 heavy (non-hydrogen) atoms. The number of halogens is 1. The lowest BCUT2D eigenvalue weighted by Crippen LogP contribution is -2.24. The van der Waals surface area contributed by atoms with Crippen LogP contribution in [0.5, 0.6) is 0 Å². The van der Waals surface area contributed by atoms with Gasteiger partial charge in [-0.05, 0) is 37.3 Å². The van der Waals surface area contributed by atoms with Crippen LogP contribution in [0, 0.1) is 5.82 Å². The second-order valence-corrected chi connectivity index (χ2v) is 5.79. The molecule has 0 aliphatic heterocycles. The monoisotopic (exact) mass is 337 g/mol. The van der Waals surface area contributed by atoms with Gasteiger partial charge in [0, 0.05) is 22.8 Å². The molecule has 0 atom stereocenters. The molecular weight excluding hydrogens is 321 g/mol. The first-order chi connectivity index (χ1) is 12.2. The first kappa shape index (κ1) is 15.5. The molecule has 0 bridgehead atoms. The van der Waals surface area contributed by atoms with Crippen molar-refractivity contribution in [2.45, 2.75) is 20.1 Å². The molecule has 0 amide bonds. The van der Waals surface area contributed by atoms with Crippen molar-refractivity contribution in [1.29, 1.82) is 0 Å². The Kier molecular flexibility index (Phi) is 3.62. The van der Waals surface area contributed by atoms with E-state index in [4.69, 9.17) is 0 Å². The number of hydrogen-bond donors (Lipinski definition) is 1. The minimum atomic E-state index is -0.390. The second kappa shape index (κ2) is 5.82. The number of aliphatic hydroxyl groups is 1. The van der Waals surface area contributed by atoms with Crippen LogP contribution >= 0.6 is 0 Å². The molecule has 2 aromatic carbocycles. The first-order valence-electron chi connectivity index (χ1n) is 8.05. The number of hydrogen-bond acceptors (Lipinski definition) is 3. The van der Waals surface area contributed by atoms with Crippen LogP contribution in [0.15, 0.2) is 53.3 Å². The number of aromatic nitrogens is 3. The fourth-order valence-corrected chi connectivity index (χ4v) is 3.34. The number of aryl methyl sites for hydroxylation is 1. The summed E-state index contributed by atoms with van der Waals surface area (Å²) in [5, 5.41) is 15.3. The molecule has 0 unspecified atom stereocenters. The molecular formula is C19H16FN3O2. The van der Waals surface area contributed by atoms with Gasteiger partial charge < -0.3 is 9.67 Å². The largest absolute Gasteiger partial charge is 0.390 e. The van der Waals surface area contributed by atoms with E-state index in [0.29, 0.717) is 34.2 Å². The summed E-state index contributed by atoms with van der Waals surface area (Å²) in [5.74, 6) is -0.390. The minimum Gasteiger partial charge on any atom is -0.390 e. The molecule has 1 N–H and O–H groups in total. The molecule has 4 rings (SSSR count). The first-order valence-corrected chi connectivity index (χ1v) is 8.05. The molecule has 5 nitrogen and oxygen atoms in total. The summed E-state index contributed by atoms with van der Waals surface area (Å²) in [5.41, 5.74) is 1.84. The molecule has 4 aromatic rings. The number of benzene rings is 2. The third-order valence-corrected chi connectivity index (χ3v) is 4.40. The van der Waals surface area contributed by atoms with Crippen molar-refractivity contribution >= 4 is 21.8 Å². The normalized spacial score (nSPS) is 11.5. The molecule has 6 heteroatoms. The Morgan fingerprint density at radius 3 is 2.60 bits per heavy atom. The Bertz CT molecular complexity index is 1150. The highest BCUT2D eigenvalue weighted by molar-refractivity contribution is 6.09. The summed E-state index contributed by atoms with van der Waals surface area (Å²) >= 11 is 0. The fraction of sp³-hybridized carbons (Fsp3) is 0.158. The highest BCUT2D eigenvalue weighted by atomic mass is 19.1. The molecule has 2 heterocycles. The number of aliphatic hydroxyl groups excluding tert-OH is 1. The van der Waals surface area contributed by atoms with Crippen LogP contribution in [0.4, 0.5) is 4.39 Å². The van der Waals surface area contributed by atoms with Crippen molar-refractivity contribution in [3.05, 3.63) is 70.4 Å². The van der Waals surface area contributed by atoms with Gasteiger partial charge in [-0.25, -0.2) is 4.39 Å². The number of fused-ring (bicyclic) bond motifs is 3. The Hall–Kier alpha value is -2.99. The zero-order valence-corrected chi connectivity index (χ0v) is 13.6. The van der Waals surface area contributed by atoms with Gasteiger partial charge in [0.2, 0.25) is 0 Å². The quantitative estimate of drug-likeness (QED) is 0.625. The van der Waals surface area contributed by atoms with Gasteiger partial charge in [0.1, 0.15) is 11.3 Å². The number of nitrogens with zero attached hydrogens (tertiary/aromatic N) is 3. The van der Waals surface area contributed by atoms with E-state index >= 15 is 0 Å². The van der Waals surface area contributed by atoms with Gasteiger partial charge in [0.15, 0.2) is 0 Å². The topological polar surface area (TPSA) is 60.0 Å². The van der Waals surface area contributed by atoms with Gasteiger partial charge in [0.25, 0.3) is 5.56 Å². The predicted molar refractivity (Wildman–Crippen MR) is 94.4 cm³/mol. The van der Waals surface area contributed by atoms with Crippen LogP contribution in [0.3, 0.4) is 0 Å². The van der Waals surface area contributed by atoms with Crippen LogP contribution < -0.4 is 5.56 Å².